The van der Waals surface area contributed by atoms with Gasteiger partial charge in [0, 0.05) is 5.92 Å². The topological polar surface area (TPSA) is 51.0 Å². The summed E-state index contributed by atoms with van der Waals surface area (Å²) in [6, 6.07) is 0. The first-order valence-corrected chi connectivity index (χ1v) is 5.87. The molecule has 3 rings (SSSR count). The number of nitrogens with zero attached hydrogens (tertiary/aromatic N) is 2. The third-order valence-corrected chi connectivity index (χ3v) is 3.75. The minimum absolute atomic E-state index is 0.0744. The minimum Gasteiger partial charge on any atom is -0.337 e. The summed E-state index contributed by atoms with van der Waals surface area (Å²) in [5.41, 5.74) is -0.0744. The van der Waals surface area contributed by atoms with Crippen LogP contribution in [0.3, 0.4) is 0 Å². The van der Waals surface area contributed by atoms with Crippen molar-refractivity contribution >= 4 is 0 Å². The Morgan fingerprint density at radius 2 is 2.27 bits per heavy atom. The van der Waals surface area contributed by atoms with Crippen LogP contribution in [0.2, 0.25) is 0 Å². The molecular weight excluding hydrogens is 190 g/mol. The fourth-order valence-corrected chi connectivity index (χ4v) is 2.37. The number of rotatable bonds is 2. The zero-order chi connectivity index (χ0) is 10.3. The fourth-order valence-electron chi connectivity index (χ4n) is 2.37. The van der Waals surface area contributed by atoms with Crippen LogP contribution in [0.4, 0.5) is 0 Å². The highest BCUT2D eigenvalue weighted by Gasteiger charge is 2.36. The largest absolute Gasteiger partial charge is 0.337 e. The monoisotopic (exact) mass is 207 g/mol. The van der Waals surface area contributed by atoms with Crippen molar-refractivity contribution in [2.45, 2.75) is 50.5 Å². The maximum Gasteiger partial charge on any atom is 0.246 e. The Labute approximate surface area is 89.4 Å². The van der Waals surface area contributed by atoms with Crippen LogP contribution in [-0.2, 0) is 5.54 Å². The van der Waals surface area contributed by atoms with Gasteiger partial charge in [0.25, 0.3) is 0 Å². The Morgan fingerprint density at radius 1 is 1.40 bits per heavy atom. The van der Waals surface area contributed by atoms with Gasteiger partial charge in [0.1, 0.15) is 0 Å². The molecule has 1 aliphatic carbocycles. The lowest BCUT2D eigenvalue weighted by Gasteiger charge is -2.21. The van der Waals surface area contributed by atoms with Crippen LogP contribution in [0.5, 0.6) is 0 Å². The molecule has 1 aromatic heterocycles. The third-order valence-electron chi connectivity index (χ3n) is 3.75. The Kier molecular flexibility index (Phi) is 2.06. The molecule has 2 heterocycles. The molecule has 2 fully saturated rings. The lowest BCUT2D eigenvalue weighted by atomic mass is 9.85. The Bertz CT molecular complexity index is 350. The summed E-state index contributed by atoms with van der Waals surface area (Å²) in [6.07, 6.45) is 6.05. The first kappa shape index (κ1) is 9.33. The van der Waals surface area contributed by atoms with Crippen molar-refractivity contribution in [3.63, 3.8) is 0 Å². The summed E-state index contributed by atoms with van der Waals surface area (Å²) in [5.74, 6) is 2.26. The molecule has 0 aromatic carbocycles. The molecule has 1 saturated heterocycles. The summed E-state index contributed by atoms with van der Waals surface area (Å²) >= 11 is 0. The van der Waals surface area contributed by atoms with Crippen LogP contribution in [0.25, 0.3) is 0 Å². The highest BCUT2D eigenvalue weighted by atomic mass is 16.5. The van der Waals surface area contributed by atoms with Gasteiger partial charge in [-0.2, -0.15) is 4.98 Å². The highest BCUT2D eigenvalue weighted by molar-refractivity contribution is 5.07. The second-order valence-electron chi connectivity index (χ2n) is 4.95. The molecule has 1 atom stereocenters. The molecule has 1 aromatic rings. The van der Waals surface area contributed by atoms with Crippen molar-refractivity contribution in [3.8, 4) is 0 Å². The molecule has 15 heavy (non-hydrogen) atoms. The van der Waals surface area contributed by atoms with Crippen molar-refractivity contribution in [2.75, 3.05) is 6.54 Å². The Balaban J connectivity index is 1.82. The van der Waals surface area contributed by atoms with Crippen LogP contribution in [0.15, 0.2) is 4.52 Å². The van der Waals surface area contributed by atoms with Gasteiger partial charge in [-0.25, -0.2) is 0 Å². The van der Waals surface area contributed by atoms with Crippen LogP contribution in [-0.4, -0.2) is 16.7 Å². The van der Waals surface area contributed by atoms with E-state index in [9.17, 15) is 0 Å². The van der Waals surface area contributed by atoms with E-state index in [0.29, 0.717) is 5.92 Å². The second-order valence-corrected chi connectivity index (χ2v) is 4.95. The lowest BCUT2D eigenvalue weighted by Crippen LogP contribution is -2.33. The zero-order valence-corrected chi connectivity index (χ0v) is 9.12. The molecule has 2 aliphatic rings. The molecule has 0 spiro atoms. The van der Waals surface area contributed by atoms with Crippen molar-refractivity contribution in [1.29, 1.82) is 0 Å². The molecule has 82 valence electrons. The molecule has 1 aliphatic heterocycles. The number of hydrogen-bond acceptors (Lipinski definition) is 4. The lowest BCUT2D eigenvalue weighted by molar-refractivity contribution is 0.271. The van der Waals surface area contributed by atoms with Gasteiger partial charge < -0.3 is 9.84 Å². The van der Waals surface area contributed by atoms with Gasteiger partial charge in [0.05, 0.1) is 5.54 Å². The van der Waals surface area contributed by atoms with E-state index in [1.165, 1.54) is 25.7 Å². The number of hydrogen-bond donors (Lipinski definition) is 1. The van der Waals surface area contributed by atoms with Gasteiger partial charge >= 0.3 is 0 Å². The molecule has 0 bridgehead atoms. The summed E-state index contributed by atoms with van der Waals surface area (Å²) < 4.78 is 5.38. The van der Waals surface area contributed by atoms with Crippen LogP contribution in [0, 0.1) is 0 Å². The summed E-state index contributed by atoms with van der Waals surface area (Å²) in [4.78, 5) is 4.55. The summed E-state index contributed by atoms with van der Waals surface area (Å²) in [5, 5.41) is 7.54. The number of nitrogens with one attached hydrogen (secondary N) is 1. The molecule has 1 saturated carbocycles. The van der Waals surface area contributed by atoms with Crippen molar-refractivity contribution in [3.05, 3.63) is 11.7 Å². The quantitative estimate of drug-likeness (QED) is 0.805. The highest BCUT2D eigenvalue weighted by Crippen LogP contribution is 2.36. The van der Waals surface area contributed by atoms with Gasteiger partial charge in [-0.15, -0.1) is 0 Å². The van der Waals surface area contributed by atoms with Crippen LogP contribution >= 0.6 is 0 Å². The SMILES string of the molecule is CC1(c2nc(C3CCC3)no2)CCCN1. The van der Waals surface area contributed by atoms with E-state index >= 15 is 0 Å². The van der Waals surface area contributed by atoms with E-state index in [2.05, 4.69) is 22.4 Å². The maximum atomic E-state index is 5.38. The van der Waals surface area contributed by atoms with Crippen LogP contribution in [0.1, 0.15) is 56.7 Å². The van der Waals surface area contributed by atoms with Gasteiger partial charge in [-0.1, -0.05) is 11.6 Å². The van der Waals surface area contributed by atoms with E-state index in [1.807, 2.05) is 0 Å². The normalized spacial score (nSPS) is 31.8. The van der Waals surface area contributed by atoms with Crippen molar-refractivity contribution in [2.24, 2.45) is 0 Å². The van der Waals surface area contributed by atoms with Gasteiger partial charge in [-0.3, -0.25) is 0 Å². The Hall–Kier alpha value is -0.900. The summed E-state index contributed by atoms with van der Waals surface area (Å²) in [6.45, 7) is 3.20. The first-order chi connectivity index (χ1) is 7.28. The smallest absolute Gasteiger partial charge is 0.246 e. The van der Waals surface area contributed by atoms with Crippen molar-refractivity contribution in [1.82, 2.24) is 15.5 Å². The molecule has 0 radical (unpaired) electrons. The van der Waals surface area contributed by atoms with E-state index in [0.717, 1.165) is 24.7 Å². The average molecular weight is 207 g/mol. The molecule has 4 heteroatoms. The molecule has 1 unspecified atom stereocenters. The fraction of sp³-hybridized carbons (Fsp3) is 0.818. The molecule has 0 amide bonds. The molecular formula is C11H17N3O. The average Bonchev–Trinajstić information content (AvgIpc) is 2.71. The second kappa shape index (κ2) is 3.30. The van der Waals surface area contributed by atoms with Crippen molar-refractivity contribution < 1.29 is 4.52 Å². The van der Waals surface area contributed by atoms with E-state index in [4.69, 9.17) is 4.52 Å². The standard InChI is InChI=1S/C11H17N3O/c1-11(6-3-7-12-11)10-13-9(14-15-10)8-4-2-5-8/h8,12H,2-7H2,1H3. The molecule has 4 nitrogen and oxygen atoms in total. The Morgan fingerprint density at radius 3 is 2.87 bits per heavy atom. The predicted octanol–water partition coefficient (Wildman–Crippen LogP) is 1.94. The first-order valence-electron chi connectivity index (χ1n) is 5.87. The van der Waals surface area contributed by atoms with E-state index in [-0.39, 0.29) is 5.54 Å². The minimum atomic E-state index is -0.0744. The van der Waals surface area contributed by atoms with Gasteiger partial charge in [0.2, 0.25) is 5.89 Å². The third kappa shape index (κ3) is 1.47. The summed E-state index contributed by atoms with van der Waals surface area (Å²) in [7, 11) is 0. The molecule has 1 N–H and O–H groups in total. The van der Waals surface area contributed by atoms with E-state index < -0.39 is 0 Å². The van der Waals surface area contributed by atoms with Gasteiger partial charge in [-0.05, 0) is 39.2 Å². The van der Waals surface area contributed by atoms with E-state index in [1.54, 1.807) is 0 Å². The zero-order valence-electron chi connectivity index (χ0n) is 9.12. The van der Waals surface area contributed by atoms with Gasteiger partial charge in [0.15, 0.2) is 5.82 Å². The van der Waals surface area contributed by atoms with Crippen LogP contribution < -0.4 is 5.32 Å². The predicted molar refractivity (Wildman–Crippen MR) is 55.5 cm³/mol. The maximum absolute atomic E-state index is 5.38. The number of aromatic nitrogens is 2.